The van der Waals surface area contributed by atoms with Crippen molar-refractivity contribution in [3.63, 3.8) is 0 Å². The largest absolute Gasteiger partial charge is 0.444 e. The quantitative estimate of drug-likeness (QED) is 0.392. The van der Waals surface area contributed by atoms with Crippen LogP contribution in [-0.2, 0) is 4.74 Å². The SMILES string of the molecule is CCCCCC1CCC(C)(C)N1.CCCCCC1CCC(C)(C)N1C(=O)OC(C)(C)C. The minimum Gasteiger partial charge on any atom is -0.444 e. The monoisotopic (exact) mass is 438 g/mol. The molecule has 2 aliphatic rings. The maximum absolute atomic E-state index is 12.4. The number of hydrogen-bond donors (Lipinski definition) is 1. The van der Waals surface area contributed by atoms with Crippen LogP contribution in [0.25, 0.3) is 0 Å². The number of hydrogen-bond acceptors (Lipinski definition) is 3. The molecule has 2 saturated heterocycles. The second-order valence-electron chi connectivity index (χ2n) is 12.1. The first-order valence-electron chi connectivity index (χ1n) is 13.1. The number of nitrogens with one attached hydrogen (secondary N) is 1. The highest BCUT2D eigenvalue weighted by Gasteiger charge is 2.43. The van der Waals surface area contributed by atoms with Crippen LogP contribution in [0.1, 0.15) is 139 Å². The molecule has 0 radical (unpaired) electrons. The van der Waals surface area contributed by atoms with E-state index in [4.69, 9.17) is 4.74 Å². The van der Waals surface area contributed by atoms with E-state index in [-0.39, 0.29) is 11.6 Å². The number of carbonyl (C=O) groups is 1. The maximum Gasteiger partial charge on any atom is 0.410 e. The zero-order valence-electron chi connectivity index (χ0n) is 22.4. The Morgan fingerprint density at radius 2 is 1.52 bits per heavy atom. The van der Waals surface area contributed by atoms with E-state index in [1.54, 1.807) is 0 Å². The lowest BCUT2D eigenvalue weighted by Crippen LogP contribution is -2.49. The van der Waals surface area contributed by atoms with Crippen molar-refractivity contribution in [1.29, 1.82) is 0 Å². The lowest BCUT2D eigenvalue weighted by molar-refractivity contribution is 0.00283. The minimum absolute atomic E-state index is 0.0702. The van der Waals surface area contributed by atoms with Crippen LogP contribution in [-0.4, -0.2) is 39.8 Å². The molecule has 0 aliphatic carbocycles. The molecule has 1 N–H and O–H groups in total. The van der Waals surface area contributed by atoms with Gasteiger partial charge in [0.25, 0.3) is 0 Å². The molecule has 0 spiro atoms. The van der Waals surface area contributed by atoms with E-state index in [1.165, 1.54) is 57.8 Å². The zero-order valence-corrected chi connectivity index (χ0v) is 22.4. The average Bonchev–Trinajstić information content (AvgIpc) is 3.12. The first-order chi connectivity index (χ1) is 14.3. The normalized spacial score (nSPS) is 24.6. The van der Waals surface area contributed by atoms with Crippen LogP contribution in [0.4, 0.5) is 4.79 Å². The molecular weight excluding hydrogens is 384 g/mol. The molecule has 0 aromatic rings. The molecule has 2 atom stereocenters. The van der Waals surface area contributed by atoms with Crippen molar-refractivity contribution in [2.45, 2.75) is 168 Å². The van der Waals surface area contributed by atoms with Crippen LogP contribution in [0.3, 0.4) is 0 Å². The summed E-state index contributed by atoms with van der Waals surface area (Å²) < 4.78 is 5.58. The predicted molar refractivity (Wildman–Crippen MR) is 134 cm³/mol. The molecule has 2 rings (SSSR count). The van der Waals surface area contributed by atoms with Crippen molar-refractivity contribution in [3.8, 4) is 0 Å². The lowest BCUT2D eigenvalue weighted by Gasteiger charge is -2.37. The van der Waals surface area contributed by atoms with Gasteiger partial charge in [0.2, 0.25) is 0 Å². The van der Waals surface area contributed by atoms with Crippen LogP contribution in [0.15, 0.2) is 0 Å². The van der Waals surface area contributed by atoms with E-state index in [9.17, 15) is 4.79 Å². The Balaban J connectivity index is 0.000000343. The van der Waals surface area contributed by atoms with Crippen molar-refractivity contribution in [1.82, 2.24) is 10.2 Å². The number of nitrogens with zero attached hydrogens (tertiary/aromatic N) is 1. The standard InChI is InChI=1S/C16H31NO2.C11H23N/c1-7-8-9-10-13-11-12-16(5,6)17(13)14(18)19-15(2,3)4;1-4-5-6-7-10-8-9-11(2,3)12-10/h13H,7-12H2,1-6H3;10,12H,4-9H2,1-3H3. The summed E-state index contributed by atoms with van der Waals surface area (Å²) in [5.41, 5.74) is -0.0696. The Labute approximate surface area is 194 Å². The maximum atomic E-state index is 12.4. The van der Waals surface area contributed by atoms with Crippen LogP contribution in [0, 0.1) is 0 Å². The molecule has 2 unspecified atom stereocenters. The van der Waals surface area contributed by atoms with Gasteiger partial charge in [0.1, 0.15) is 5.60 Å². The molecule has 2 aliphatic heterocycles. The van der Waals surface area contributed by atoms with Crippen LogP contribution in [0.2, 0.25) is 0 Å². The fourth-order valence-electron chi connectivity index (χ4n) is 4.96. The van der Waals surface area contributed by atoms with Gasteiger partial charge in [0, 0.05) is 23.2 Å². The Morgan fingerprint density at radius 3 is 2.00 bits per heavy atom. The van der Waals surface area contributed by atoms with Crippen molar-refractivity contribution in [2.24, 2.45) is 0 Å². The van der Waals surface area contributed by atoms with E-state index in [2.05, 4.69) is 46.9 Å². The number of rotatable bonds is 8. The van der Waals surface area contributed by atoms with E-state index in [0.717, 1.165) is 25.3 Å². The molecule has 184 valence electrons. The second-order valence-corrected chi connectivity index (χ2v) is 12.1. The molecule has 4 nitrogen and oxygen atoms in total. The molecule has 2 fully saturated rings. The molecule has 0 bridgehead atoms. The topological polar surface area (TPSA) is 41.6 Å². The number of carbonyl (C=O) groups excluding carboxylic acids is 1. The molecule has 0 aromatic heterocycles. The number of unbranched alkanes of at least 4 members (excludes halogenated alkanes) is 4. The first kappa shape index (κ1) is 28.3. The third-order valence-electron chi connectivity index (χ3n) is 6.71. The number of ether oxygens (including phenoxy) is 1. The molecule has 0 aromatic carbocycles. The molecular formula is C27H54N2O2. The summed E-state index contributed by atoms with van der Waals surface area (Å²) in [6, 6.07) is 1.17. The van der Waals surface area contributed by atoms with Gasteiger partial charge in [-0.3, -0.25) is 0 Å². The highest BCUT2D eigenvalue weighted by molar-refractivity contribution is 5.70. The summed E-state index contributed by atoms with van der Waals surface area (Å²) in [4.78, 5) is 14.4. The highest BCUT2D eigenvalue weighted by Crippen LogP contribution is 2.37. The summed E-state index contributed by atoms with van der Waals surface area (Å²) in [5, 5.41) is 3.69. The van der Waals surface area contributed by atoms with Crippen LogP contribution < -0.4 is 5.32 Å². The van der Waals surface area contributed by atoms with Gasteiger partial charge in [0.15, 0.2) is 0 Å². The van der Waals surface area contributed by atoms with Gasteiger partial charge in [-0.2, -0.15) is 0 Å². The van der Waals surface area contributed by atoms with E-state index in [1.807, 2.05) is 25.7 Å². The van der Waals surface area contributed by atoms with Gasteiger partial charge in [-0.15, -0.1) is 0 Å². The molecule has 2 heterocycles. The van der Waals surface area contributed by atoms with Gasteiger partial charge < -0.3 is 15.0 Å². The lowest BCUT2D eigenvalue weighted by atomic mass is 10.0. The Kier molecular flexibility index (Phi) is 11.4. The summed E-state index contributed by atoms with van der Waals surface area (Å²) in [6.07, 6.45) is 15.1. The zero-order chi connectivity index (χ0) is 23.7. The average molecular weight is 439 g/mol. The Bertz CT molecular complexity index is 522. The van der Waals surface area contributed by atoms with Crippen molar-refractivity contribution in [3.05, 3.63) is 0 Å². The Hall–Kier alpha value is -0.770. The molecule has 4 heteroatoms. The fourth-order valence-corrected chi connectivity index (χ4v) is 4.96. The van der Waals surface area contributed by atoms with Crippen molar-refractivity contribution < 1.29 is 9.53 Å². The summed E-state index contributed by atoms with van der Waals surface area (Å²) >= 11 is 0. The van der Waals surface area contributed by atoms with Crippen molar-refractivity contribution in [2.75, 3.05) is 0 Å². The van der Waals surface area contributed by atoms with E-state index in [0.29, 0.717) is 11.6 Å². The molecule has 1 amide bonds. The summed E-state index contributed by atoms with van der Waals surface area (Å²) in [7, 11) is 0. The van der Waals surface area contributed by atoms with Gasteiger partial charge in [0.05, 0.1) is 0 Å². The van der Waals surface area contributed by atoms with Gasteiger partial charge in [-0.05, 0) is 87.0 Å². The highest BCUT2D eigenvalue weighted by atomic mass is 16.6. The molecule has 0 saturated carbocycles. The third-order valence-corrected chi connectivity index (χ3v) is 6.71. The van der Waals surface area contributed by atoms with Crippen LogP contribution in [0.5, 0.6) is 0 Å². The van der Waals surface area contributed by atoms with E-state index < -0.39 is 5.60 Å². The summed E-state index contributed by atoms with van der Waals surface area (Å²) in [6.45, 7) is 19.2. The van der Waals surface area contributed by atoms with E-state index >= 15 is 0 Å². The summed E-state index contributed by atoms with van der Waals surface area (Å²) in [5.74, 6) is 0. The minimum atomic E-state index is -0.413. The van der Waals surface area contributed by atoms with Gasteiger partial charge in [-0.25, -0.2) is 4.79 Å². The molecule has 31 heavy (non-hydrogen) atoms. The first-order valence-corrected chi connectivity index (χ1v) is 13.1. The van der Waals surface area contributed by atoms with Gasteiger partial charge >= 0.3 is 6.09 Å². The smallest absolute Gasteiger partial charge is 0.410 e. The Morgan fingerprint density at radius 1 is 0.935 bits per heavy atom. The predicted octanol–water partition coefficient (Wildman–Crippen LogP) is 7.84. The van der Waals surface area contributed by atoms with Gasteiger partial charge in [-0.1, -0.05) is 52.4 Å². The second kappa shape index (κ2) is 12.5. The van der Waals surface area contributed by atoms with Crippen molar-refractivity contribution >= 4 is 6.09 Å². The number of amides is 1. The number of likely N-dealkylation sites (tertiary alicyclic amines) is 1. The van der Waals surface area contributed by atoms with Crippen LogP contribution >= 0.6 is 0 Å². The third kappa shape index (κ3) is 10.6. The fraction of sp³-hybridized carbons (Fsp3) is 0.963.